The van der Waals surface area contributed by atoms with Gasteiger partial charge in [0.1, 0.15) is 17.3 Å². The Morgan fingerprint density at radius 2 is 1.79 bits per heavy atom. The predicted octanol–water partition coefficient (Wildman–Crippen LogP) is 5.23. The molecule has 298 valence electrons. The Kier molecular flexibility index (Phi) is 8.82. The van der Waals surface area contributed by atoms with Crippen molar-refractivity contribution in [1.29, 1.82) is 0 Å². The van der Waals surface area contributed by atoms with E-state index in [0.717, 1.165) is 71.6 Å². The summed E-state index contributed by atoms with van der Waals surface area (Å²) >= 11 is 0. The summed E-state index contributed by atoms with van der Waals surface area (Å²) in [7, 11) is 6.45. The average molecular weight is 765 g/mol. The van der Waals surface area contributed by atoms with E-state index < -0.39 is 40.0 Å². The number of hydrogen-bond donors (Lipinski definition) is 2. The molecule has 2 unspecified atom stereocenters. The third-order valence-corrected chi connectivity index (χ3v) is 14.8. The van der Waals surface area contributed by atoms with Gasteiger partial charge in [0.2, 0.25) is 5.60 Å². The zero-order chi connectivity index (χ0) is 39.4. The van der Waals surface area contributed by atoms with Crippen molar-refractivity contribution in [2.45, 2.75) is 87.6 Å². The van der Waals surface area contributed by atoms with Crippen LogP contribution in [-0.2, 0) is 41.2 Å². The summed E-state index contributed by atoms with van der Waals surface area (Å²) in [5, 5.41) is 14.4. The Balaban J connectivity index is 1.37. The van der Waals surface area contributed by atoms with Crippen molar-refractivity contribution in [3.05, 3.63) is 82.6 Å². The number of ether oxygens (including phenoxy) is 4. The molecule has 1 aromatic heterocycles. The summed E-state index contributed by atoms with van der Waals surface area (Å²) in [5.74, 6) is -0.438. The number of carbonyl (C=O) groups excluding carboxylic acids is 2. The van der Waals surface area contributed by atoms with Crippen LogP contribution < -0.4 is 9.64 Å². The number of aliphatic hydroxyl groups is 1. The minimum Gasteiger partial charge on any atom is -0.496 e. The number of aromatic nitrogens is 1. The number of hydrogen-bond acceptors (Lipinski definition) is 10. The summed E-state index contributed by atoms with van der Waals surface area (Å²) in [5.41, 5.74) is 2.05. The number of rotatable bonds is 8. The molecule has 2 bridgehead atoms. The number of H-pyrrole nitrogens is 1. The number of esters is 2. The number of nitrogens with zero attached hydrogens (tertiary/aromatic N) is 3. The molecule has 5 aliphatic heterocycles. The van der Waals surface area contributed by atoms with E-state index in [-0.39, 0.29) is 17.9 Å². The van der Waals surface area contributed by atoms with Crippen LogP contribution in [-0.4, -0.2) is 117 Å². The van der Waals surface area contributed by atoms with Crippen LogP contribution in [0, 0.1) is 11.3 Å². The highest BCUT2D eigenvalue weighted by Crippen LogP contribution is 2.68. The molecule has 56 heavy (non-hydrogen) atoms. The molecule has 6 heterocycles. The second kappa shape index (κ2) is 13.2. The summed E-state index contributed by atoms with van der Waals surface area (Å²) < 4.78 is 24.4. The van der Waals surface area contributed by atoms with Gasteiger partial charge in [-0.05, 0) is 68.3 Å². The van der Waals surface area contributed by atoms with Crippen molar-refractivity contribution in [1.82, 2.24) is 14.8 Å². The van der Waals surface area contributed by atoms with Crippen LogP contribution in [0.15, 0.2) is 60.2 Å². The number of anilines is 1. The molecule has 2 fully saturated rings. The predicted molar refractivity (Wildman–Crippen MR) is 214 cm³/mol. The van der Waals surface area contributed by atoms with Crippen LogP contribution >= 0.6 is 0 Å². The minimum absolute atomic E-state index is 0.0631. The standard InChI is InChI=1S/C45H56N4O7/c1-8-27-20-28-23-44(40(50)54-6,36-30(26-48(24-27)25-28)29-14-11-12-15-33(29)46-36)32-21-31-34(22-35(32)53-5)47(4)38-43(31)17-19-49-18-13-16-42(9-2,37(43)49)39(56-10-3)45(38,52)41(51)55-7/h11-16,20-22,28,37-39,46,52H,8-10,17-19,23-26H2,1-7H3/t28-,37-,38+,39+,42+,43?,44-,45+/m0/s1. The summed E-state index contributed by atoms with van der Waals surface area (Å²) in [6.07, 6.45) is 8.63. The minimum atomic E-state index is -2.03. The molecular formula is C45H56N4O7. The number of para-hydroxylation sites is 1. The van der Waals surface area contributed by atoms with Crippen molar-refractivity contribution in [2.24, 2.45) is 11.3 Å². The summed E-state index contributed by atoms with van der Waals surface area (Å²) in [6.45, 7) is 10.5. The monoisotopic (exact) mass is 764 g/mol. The van der Waals surface area contributed by atoms with E-state index in [1.165, 1.54) is 19.8 Å². The van der Waals surface area contributed by atoms with E-state index in [4.69, 9.17) is 18.9 Å². The number of nitrogens with one attached hydrogen (secondary N) is 1. The van der Waals surface area contributed by atoms with Gasteiger partial charge in [-0.2, -0.15) is 0 Å². The SMILES string of the molecule is CCO[C@@H]1[C@]2(CC)C=CCN3CCC4(c5cc([C@@]6(C(=O)OC)C[C@@H]7C=C(CC)CN(Cc8c6[nH]c6ccccc86)C7)c(OC)cc5N(C)[C@H]4[C@]1(O)C(=O)OC)[C@@H]32. The van der Waals surface area contributed by atoms with Crippen molar-refractivity contribution in [3.8, 4) is 5.75 Å². The highest BCUT2D eigenvalue weighted by Gasteiger charge is 2.79. The second-order valence-electron chi connectivity index (χ2n) is 17.0. The molecule has 0 amide bonds. The Labute approximate surface area is 329 Å². The van der Waals surface area contributed by atoms with Gasteiger partial charge in [0.05, 0.1) is 27.4 Å². The largest absolute Gasteiger partial charge is 0.496 e. The van der Waals surface area contributed by atoms with Crippen molar-refractivity contribution in [2.75, 3.05) is 66.1 Å². The molecule has 2 aromatic carbocycles. The number of carbonyl (C=O) groups is 2. The Bertz CT molecular complexity index is 2160. The second-order valence-corrected chi connectivity index (χ2v) is 17.0. The van der Waals surface area contributed by atoms with E-state index in [9.17, 15) is 9.90 Å². The topological polar surface area (TPSA) is 117 Å². The number of methoxy groups -OCH3 is 3. The van der Waals surface area contributed by atoms with E-state index in [1.54, 1.807) is 7.11 Å². The highest BCUT2D eigenvalue weighted by molar-refractivity contribution is 5.95. The number of aromatic amines is 1. The van der Waals surface area contributed by atoms with Crippen LogP contribution in [0.4, 0.5) is 5.69 Å². The lowest BCUT2D eigenvalue weighted by Gasteiger charge is -2.64. The van der Waals surface area contributed by atoms with Gasteiger partial charge < -0.3 is 33.9 Å². The maximum Gasteiger partial charge on any atom is 0.342 e. The maximum absolute atomic E-state index is 15.2. The zero-order valence-electron chi connectivity index (χ0n) is 33.8. The Morgan fingerprint density at radius 3 is 2.50 bits per heavy atom. The normalized spacial score (nSPS) is 35.5. The molecule has 9 atom stereocenters. The van der Waals surface area contributed by atoms with Crippen LogP contribution in [0.5, 0.6) is 5.75 Å². The Morgan fingerprint density at radius 1 is 1.00 bits per heavy atom. The number of likely N-dealkylation sites (N-methyl/N-ethyl adjacent to an activating group) is 1. The van der Waals surface area contributed by atoms with E-state index in [1.807, 2.05) is 26.1 Å². The first kappa shape index (κ1) is 37.4. The number of benzene rings is 2. The third-order valence-electron chi connectivity index (χ3n) is 14.8. The van der Waals surface area contributed by atoms with Crippen molar-refractivity contribution < 1.29 is 33.6 Å². The van der Waals surface area contributed by atoms with Gasteiger partial charge in [-0.1, -0.05) is 55.8 Å². The van der Waals surface area contributed by atoms with Crippen molar-refractivity contribution in [3.63, 3.8) is 0 Å². The molecule has 1 spiro atoms. The molecule has 6 aliphatic rings. The average Bonchev–Trinajstić information content (AvgIpc) is 3.87. The first-order chi connectivity index (χ1) is 27.0. The molecule has 1 saturated heterocycles. The van der Waals surface area contributed by atoms with Gasteiger partial charge in [0, 0.05) is 90.6 Å². The lowest BCUT2D eigenvalue weighted by atomic mass is 9.47. The van der Waals surface area contributed by atoms with Crippen LogP contribution in [0.25, 0.3) is 10.9 Å². The van der Waals surface area contributed by atoms with E-state index >= 15 is 4.79 Å². The first-order valence-corrected chi connectivity index (χ1v) is 20.4. The van der Waals surface area contributed by atoms with Crippen LogP contribution in [0.3, 0.4) is 0 Å². The quantitative estimate of drug-likeness (QED) is 0.234. The van der Waals surface area contributed by atoms with Gasteiger partial charge >= 0.3 is 11.9 Å². The molecule has 2 N–H and O–H groups in total. The molecule has 11 nitrogen and oxygen atoms in total. The molecule has 0 radical (unpaired) electrons. The highest BCUT2D eigenvalue weighted by atomic mass is 16.6. The molecule has 9 rings (SSSR count). The first-order valence-electron chi connectivity index (χ1n) is 20.4. The molecule has 1 saturated carbocycles. The lowest BCUT2D eigenvalue weighted by Crippen LogP contribution is -2.81. The lowest BCUT2D eigenvalue weighted by molar-refractivity contribution is -0.229. The van der Waals surface area contributed by atoms with Crippen LogP contribution in [0.1, 0.15) is 68.8 Å². The van der Waals surface area contributed by atoms with Gasteiger partial charge in [0.25, 0.3) is 0 Å². The van der Waals surface area contributed by atoms with Crippen LogP contribution in [0.2, 0.25) is 0 Å². The Hall–Kier alpha value is -4.16. The van der Waals surface area contributed by atoms with Gasteiger partial charge in [-0.25, -0.2) is 4.79 Å². The third kappa shape index (κ3) is 4.60. The molecular weight excluding hydrogens is 709 g/mol. The van der Waals surface area contributed by atoms with E-state index in [2.05, 4.69) is 76.0 Å². The smallest absolute Gasteiger partial charge is 0.342 e. The fourth-order valence-electron chi connectivity index (χ4n) is 12.9. The van der Waals surface area contributed by atoms with Gasteiger partial charge in [-0.3, -0.25) is 14.6 Å². The fraction of sp³-hybridized carbons (Fsp3) is 0.556. The molecule has 3 aromatic rings. The molecule has 1 aliphatic carbocycles. The van der Waals surface area contributed by atoms with E-state index in [0.29, 0.717) is 38.2 Å². The maximum atomic E-state index is 15.2. The van der Waals surface area contributed by atoms with Gasteiger partial charge in [0.15, 0.2) is 0 Å². The zero-order valence-corrected chi connectivity index (χ0v) is 33.8. The number of fused-ring (bicyclic) bond motifs is 6. The molecule has 11 heteroatoms. The van der Waals surface area contributed by atoms with Gasteiger partial charge in [-0.15, -0.1) is 0 Å². The van der Waals surface area contributed by atoms with Crippen molar-refractivity contribution >= 4 is 28.5 Å². The fourth-order valence-corrected chi connectivity index (χ4v) is 12.9. The summed E-state index contributed by atoms with van der Waals surface area (Å²) in [6, 6.07) is 11.7. The summed E-state index contributed by atoms with van der Waals surface area (Å²) in [4.78, 5) is 40.4.